The highest BCUT2D eigenvalue weighted by atomic mass is 79.9. The first-order valence-corrected chi connectivity index (χ1v) is 5.28. The second-order valence-corrected chi connectivity index (χ2v) is 4.47. The van der Waals surface area contributed by atoms with E-state index in [0.29, 0.717) is 0 Å². The summed E-state index contributed by atoms with van der Waals surface area (Å²) in [5, 5.41) is 0. The number of thiazole rings is 1. The third-order valence-electron chi connectivity index (χ3n) is 1.20. The Labute approximate surface area is 98.6 Å². The molecular weight excluding hydrogens is 286 g/mol. The average Bonchev–Trinajstić information content (AvgIpc) is 2.47. The second kappa shape index (κ2) is 10.9. The van der Waals surface area contributed by atoms with Crippen LogP contribution >= 0.6 is 27.3 Å². The molecule has 0 atom stereocenters. The number of carbonyl (C=O) groups excluding carboxylic acids is 4. The molecule has 0 spiro atoms. The summed E-state index contributed by atoms with van der Waals surface area (Å²) in [5.41, 5.74) is 1.21. The van der Waals surface area contributed by atoms with Gasteiger partial charge in [0.2, 0.25) is 0 Å². The Bertz CT molecular complexity index is 340. The highest BCUT2D eigenvalue weighted by molar-refractivity contribution is 9.11. The van der Waals surface area contributed by atoms with Crippen molar-refractivity contribution in [2.45, 2.75) is 20.3 Å². The Kier molecular flexibility index (Phi) is 11.9. The van der Waals surface area contributed by atoms with Gasteiger partial charge in [0.1, 0.15) is 0 Å². The molecule has 1 rings (SSSR count). The Morgan fingerprint density at radius 1 is 1.27 bits per heavy atom. The summed E-state index contributed by atoms with van der Waals surface area (Å²) >= 11 is 5.03. The van der Waals surface area contributed by atoms with Crippen LogP contribution in [0.1, 0.15) is 17.5 Å². The Morgan fingerprint density at radius 3 is 1.80 bits per heavy atom. The molecule has 82 valence electrons. The molecule has 5 nitrogen and oxygen atoms in total. The van der Waals surface area contributed by atoms with E-state index in [1.165, 1.54) is 10.6 Å². The number of nitrogens with zero attached hydrogens (tertiary/aromatic N) is 1. The van der Waals surface area contributed by atoms with E-state index in [1.807, 2.05) is 0 Å². The first kappa shape index (κ1) is 16.3. The van der Waals surface area contributed by atoms with E-state index in [4.69, 9.17) is 19.2 Å². The van der Waals surface area contributed by atoms with Crippen LogP contribution in [-0.2, 0) is 25.6 Å². The van der Waals surface area contributed by atoms with E-state index in [2.05, 4.69) is 34.8 Å². The van der Waals surface area contributed by atoms with Gasteiger partial charge in [0, 0.05) is 4.88 Å². The number of hydrogen-bond donors (Lipinski definition) is 0. The van der Waals surface area contributed by atoms with Gasteiger partial charge in [0.25, 0.3) is 0 Å². The van der Waals surface area contributed by atoms with Crippen molar-refractivity contribution < 1.29 is 19.2 Å². The monoisotopic (exact) mass is 293 g/mol. The van der Waals surface area contributed by atoms with E-state index < -0.39 is 0 Å². The molecule has 0 unspecified atom stereocenters. The maximum Gasteiger partial charge on any atom is 0.373 e. The molecule has 0 aliphatic carbocycles. The molecule has 0 fully saturated rings. The normalized spacial score (nSPS) is 7.13. The maximum atomic E-state index is 8.12. The standard InChI is InChI=1S/C6H8BrNS.2CO2/c1-3-5-4(2)9-6(7)8-5;2*2-1-3/h3H2,1-2H3;;. The fraction of sp³-hybridized carbons (Fsp3) is 0.375. The predicted octanol–water partition coefficient (Wildman–Crippen LogP) is 1.61. The lowest BCUT2D eigenvalue weighted by Crippen LogP contribution is -1.80. The Morgan fingerprint density at radius 2 is 1.67 bits per heavy atom. The van der Waals surface area contributed by atoms with Gasteiger partial charge in [-0.3, -0.25) is 0 Å². The van der Waals surface area contributed by atoms with Gasteiger partial charge in [-0.25, -0.2) is 4.98 Å². The third-order valence-corrected chi connectivity index (χ3v) is 2.67. The molecule has 0 aromatic carbocycles. The van der Waals surface area contributed by atoms with Crippen LogP contribution in [0.4, 0.5) is 0 Å². The first-order valence-electron chi connectivity index (χ1n) is 3.67. The Hall–Kier alpha value is -1.13. The summed E-state index contributed by atoms with van der Waals surface area (Å²) in [7, 11) is 0. The summed E-state index contributed by atoms with van der Waals surface area (Å²) in [6.07, 6.45) is 1.54. The first-order chi connectivity index (χ1) is 7.06. The fourth-order valence-electron chi connectivity index (χ4n) is 0.721. The average molecular weight is 294 g/mol. The molecule has 1 heterocycles. The third kappa shape index (κ3) is 9.18. The van der Waals surface area contributed by atoms with E-state index in [-0.39, 0.29) is 12.3 Å². The number of halogens is 1. The molecular formula is C8H8BrNO4S. The van der Waals surface area contributed by atoms with Crippen LogP contribution in [0.5, 0.6) is 0 Å². The van der Waals surface area contributed by atoms with Crippen LogP contribution in [0.3, 0.4) is 0 Å². The minimum Gasteiger partial charge on any atom is -0.234 e. The SMILES string of the molecule is CCc1nc(Br)sc1C.O=C=O.O=C=O. The van der Waals surface area contributed by atoms with Crippen molar-refractivity contribution >= 4 is 39.6 Å². The number of aryl methyl sites for hydroxylation is 2. The molecule has 7 heteroatoms. The zero-order valence-electron chi connectivity index (χ0n) is 8.07. The molecule has 0 amide bonds. The maximum absolute atomic E-state index is 8.12. The predicted molar refractivity (Wildman–Crippen MR) is 53.9 cm³/mol. The van der Waals surface area contributed by atoms with Gasteiger partial charge in [-0.05, 0) is 29.3 Å². The second-order valence-electron chi connectivity index (χ2n) is 1.99. The summed E-state index contributed by atoms with van der Waals surface area (Å²) in [6.45, 7) is 4.22. The fourth-order valence-corrected chi connectivity index (χ4v) is 2.38. The molecule has 15 heavy (non-hydrogen) atoms. The van der Waals surface area contributed by atoms with E-state index in [1.54, 1.807) is 11.3 Å². The lowest BCUT2D eigenvalue weighted by Gasteiger charge is -1.85. The molecule has 1 aromatic rings. The zero-order valence-corrected chi connectivity index (χ0v) is 10.5. The van der Waals surface area contributed by atoms with Crippen molar-refractivity contribution in [3.63, 3.8) is 0 Å². The van der Waals surface area contributed by atoms with E-state index >= 15 is 0 Å². The van der Waals surface area contributed by atoms with Crippen molar-refractivity contribution in [1.29, 1.82) is 0 Å². The van der Waals surface area contributed by atoms with Crippen LogP contribution in [0.15, 0.2) is 3.92 Å². The van der Waals surface area contributed by atoms with Crippen LogP contribution < -0.4 is 0 Å². The smallest absolute Gasteiger partial charge is 0.234 e. The van der Waals surface area contributed by atoms with E-state index in [9.17, 15) is 0 Å². The summed E-state index contributed by atoms with van der Waals surface area (Å²) in [6, 6.07) is 0. The molecule has 0 saturated heterocycles. The molecule has 0 bridgehead atoms. The van der Waals surface area contributed by atoms with Crippen molar-refractivity contribution in [2.75, 3.05) is 0 Å². The summed E-state index contributed by atoms with van der Waals surface area (Å²) < 4.78 is 0.997. The highest BCUT2D eigenvalue weighted by Gasteiger charge is 2.00. The lowest BCUT2D eigenvalue weighted by molar-refractivity contribution is -0.193. The van der Waals surface area contributed by atoms with Crippen molar-refractivity contribution in [2.24, 2.45) is 0 Å². The van der Waals surface area contributed by atoms with Gasteiger partial charge in [-0.15, -0.1) is 11.3 Å². The lowest BCUT2D eigenvalue weighted by atomic mass is 10.3. The minimum absolute atomic E-state index is 0.250. The summed E-state index contributed by atoms with van der Waals surface area (Å²) in [4.78, 5) is 38.1. The molecule has 1 aromatic heterocycles. The topological polar surface area (TPSA) is 81.2 Å². The zero-order chi connectivity index (χ0) is 12.3. The van der Waals surface area contributed by atoms with Gasteiger partial charge in [-0.2, -0.15) is 19.2 Å². The molecule has 0 aliphatic heterocycles. The molecule has 0 radical (unpaired) electrons. The van der Waals surface area contributed by atoms with Crippen LogP contribution in [-0.4, -0.2) is 17.3 Å². The highest BCUT2D eigenvalue weighted by Crippen LogP contribution is 2.21. The Balaban J connectivity index is 0. The van der Waals surface area contributed by atoms with Gasteiger partial charge in [0.15, 0.2) is 3.92 Å². The number of aromatic nitrogens is 1. The number of hydrogen-bond acceptors (Lipinski definition) is 6. The van der Waals surface area contributed by atoms with Gasteiger partial charge >= 0.3 is 12.3 Å². The van der Waals surface area contributed by atoms with Crippen molar-refractivity contribution in [3.8, 4) is 0 Å². The molecule has 0 aliphatic rings. The largest absolute Gasteiger partial charge is 0.373 e. The van der Waals surface area contributed by atoms with Crippen molar-refractivity contribution in [1.82, 2.24) is 4.98 Å². The van der Waals surface area contributed by atoms with Crippen LogP contribution in [0.25, 0.3) is 0 Å². The number of rotatable bonds is 1. The summed E-state index contributed by atoms with van der Waals surface area (Å²) in [5.74, 6) is 0. The van der Waals surface area contributed by atoms with Gasteiger partial charge in [0.05, 0.1) is 5.69 Å². The van der Waals surface area contributed by atoms with Crippen LogP contribution in [0, 0.1) is 6.92 Å². The molecule has 0 N–H and O–H groups in total. The minimum atomic E-state index is 0.250. The quantitative estimate of drug-likeness (QED) is 0.786. The molecule has 0 saturated carbocycles. The van der Waals surface area contributed by atoms with E-state index in [0.717, 1.165) is 10.3 Å². The van der Waals surface area contributed by atoms with Crippen molar-refractivity contribution in [3.05, 3.63) is 14.5 Å². The van der Waals surface area contributed by atoms with Gasteiger partial charge in [-0.1, -0.05) is 6.92 Å². The van der Waals surface area contributed by atoms with Gasteiger partial charge < -0.3 is 0 Å². The van der Waals surface area contributed by atoms with Crippen LogP contribution in [0.2, 0.25) is 0 Å².